The lowest BCUT2D eigenvalue weighted by Crippen LogP contribution is -2.14. The number of hydrogen-bond donors (Lipinski definition) is 1. The second-order valence-electron chi connectivity index (χ2n) is 5.58. The molecule has 3 aromatic rings. The summed E-state index contributed by atoms with van der Waals surface area (Å²) >= 11 is 2.91. The zero-order valence-electron chi connectivity index (χ0n) is 12.5. The molecule has 0 aliphatic heterocycles. The SMILES string of the molecule is Cc1ccc2nc(NC(=O)CSc3nncn3C3CC3)sc2c1. The molecule has 6 nitrogen and oxygen atoms in total. The van der Waals surface area contributed by atoms with E-state index < -0.39 is 0 Å². The largest absolute Gasteiger partial charge is 0.306 e. The quantitative estimate of drug-likeness (QED) is 0.719. The van der Waals surface area contributed by atoms with Crippen LogP contribution in [0.25, 0.3) is 10.2 Å². The minimum absolute atomic E-state index is 0.0730. The van der Waals surface area contributed by atoms with E-state index in [2.05, 4.69) is 31.1 Å². The van der Waals surface area contributed by atoms with Crippen LogP contribution in [-0.2, 0) is 4.79 Å². The summed E-state index contributed by atoms with van der Waals surface area (Å²) in [6.07, 6.45) is 4.08. The van der Waals surface area contributed by atoms with Crippen molar-refractivity contribution in [3.63, 3.8) is 0 Å². The Morgan fingerprint density at radius 2 is 2.35 bits per heavy atom. The average molecular weight is 345 g/mol. The summed E-state index contributed by atoms with van der Waals surface area (Å²) in [6, 6.07) is 6.59. The zero-order valence-corrected chi connectivity index (χ0v) is 14.2. The summed E-state index contributed by atoms with van der Waals surface area (Å²) in [6.45, 7) is 2.05. The van der Waals surface area contributed by atoms with E-state index in [0.29, 0.717) is 16.9 Å². The summed E-state index contributed by atoms with van der Waals surface area (Å²) in [4.78, 5) is 16.6. The van der Waals surface area contributed by atoms with Gasteiger partial charge in [0.2, 0.25) is 5.91 Å². The Kier molecular flexibility index (Phi) is 3.78. The van der Waals surface area contributed by atoms with Crippen molar-refractivity contribution in [2.75, 3.05) is 11.1 Å². The predicted octanol–water partition coefficient (Wildman–Crippen LogP) is 3.26. The van der Waals surface area contributed by atoms with Crippen LogP contribution in [0.3, 0.4) is 0 Å². The molecule has 118 valence electrons. The van der Waals surface area contributed by atoms with Gasteiger partial charge in [0.25, 0.3) is 0 Å². The molecule has 0 saturated heterocycles. The molecule has 2 heterocycles. The van der Waals surface area contributed by atoms with Crippen LogP contribution < -0.4 is 5.32 Å². The van der Waals surface area contributed by atoms with Gasteiger partial charge < -0.3 is 9.88 Å². The Morgan fingerprint density at radius 3 is 3.17 bits per heavy atom. The highest BCUT2D eigenvalue weighted by molar-refractivity contribution is 7.99. The van der Waals surface area contributed by atoms with E-state index >= 15 is 0 Å². The van der Waals surface area contributed by atoms with Gasteiger partial charge in [0.15, 0.2) is 10.3 Å². The fraction of sp³-hybridized carbons (Fsp3) is 0.333. The number of aryl methyl sites for hydroxylation is 1. The number of carbonyl (C=O) groups is 1. The van der Waals surface area contributed by atoms with Gasteiger partial charge in [-0.2, -0.15) is 0 Å². The lowest BCUT2D eigenvalue weighted by Gasteiger charge is -2.03. The Labute approximate surface area is 141 Å². The molecule has 1 N–H and O–H groups in total. The molecule has 1 aliphatic rings. The first kappa shape index (κ1) is 14.6. The molecule has 4 rings (SSSR count). The third-order valence-electron chi connectivity index (χ3n) is 3.60. The Balaban J connectivity index is 1.39. The number of anilines is 1. The van der Waals surface area contributed by atoms with Crippen LogP contribution >= 0.6 is 23.1 Å². The predicted molar refractivity (Wildman–Crippen MR) is 92.0 cm³/mol. The lowest BCUT2D eigenvalue weighted by molar-refractivity contribution is -0.113. The summed E-state index contributed by atoms with van der Waals surface area (Å²) in [5.74, 6) is 0.233. The van der Waals surface area contributed by atoms with E-state index in [4.69, 9.17) is 0 Å². The van der Waals surface area contributed by atoms with Gasteiger partial charge in [-0.25, -0.2) is 4.98 Å². The molecule has 1 aliphatic carbocycles. The Morgan fingerprint density at radius 1 is 1.48 bits per heavy atom. The number of aromatic nitrogens is 4. The van der Waals surface area contributed by atoms with Crippen LogP contribution in [0.5, 0.6) is 0 Å². The van der Waals surface area contributed by atoms with Crippen molar-refractivity contribution in [3.8, 4) is 0 Å². The van der Waals surface area contributed by atoms with Gasteiger partial charge in [-0.15, -0.1) is 10.2 Å². The van der Waals surface area contributed by atoms with Crippen molar-refractivity contribution in [2.45, 2.75) is 31.0 Å². The maximum Gasteiger partial charge on any atom is 0.236 e. The fourth-order valence-corrected chi connectivity index (χ4v) is 4.07. The first-order chi connectivity index (χ1) is 11.2. The van der Waals surface area contributed by atoms with E-state index in [1.54, 1.807) is 6.33 Å². The van der Waals surface area contributed by atoms with Gasteiger partial charge in [0.1, 0.15) is 6.33 Å². The molecule has 8 heteroatoms. The van der Waals surface area contributed by atoms with Crippen LogP contribution in [0.1, 0.15) is 24.4 Å². The molecular weight excluding hydrogens is 330 g/mol. The van der Waals surface area contributed by atoms with Gasteiger partial charge in [0.05, 0.1) is 16.0 Å². The van der Waals surface area contributed by atoms with Crippen molar-refractivity contribution in [3.05, 3.63) is 30.1 Å². The zero-order chi connectivity index (χ0) is 15.8. The molecule has 0 radical (unpaired) electrons. The number of carbonyl (C=O) groups excluding carboxylic acids is 1. The summed E-state index contributed by atoms with van der Waals surface area (Å²) in [5.41, 5.74) is 2.10. The molecule has 1 amide bonds. The summed E-state index contributed by atoms with van der Waals surface area (Å²) in [5, 5.41) is 12.3. The van der Waals surface area contributed by atoms with E-state index in [-0.39, 0.29) is 5.91 Å². The number of fused-ring (bicyclic) bond motifs is 1. The highest BCUT2D eigenvalue weighted by atomic mass is 32.2. The van der Waals surface area contributed by atoms with E-state index in [9.17, 15) is 4.79 Å². The van der Waals surface area contributed by atoms with Crippen LogP contribution in [0.4, 0.5) is 5.13 Å². The third kappa shape index (κ3) is 3.23. The maximum absolute atomic E-state index is 12.1. The monoisotopic (exact) mass is 345 g/mol. The van der Waals surface area contributed by atoms with Crippen LogP contribution in [0.15, 0.2) is 29.7 Å². The van der Waals surface area contributed by atoms with Crippen molar-refractivity contribution in [1.29, 1.82) is 0 Å². The van der Waals surface area contributed by atoms with Gasteiger partial charge in [-0.05, 0) is 37.5 Å². The molecule has 0 unspecified atom stereocenters. The molecule has 23 heavy (non-hydrogen) atoms. The first-order valence-corrected chi connectivity index (χ1v) is 9.18. The van der Waals surface area contributed by atoms with Crippen molar-refractivity contribution in [2.24, 2.45) is 0 Å². The van der Waals surface area contributed by atoms with E-state index in [1.807, 2.05) is 19.1 Å². The van der Waals surface area contributed by atoms with E-state index in [1.165, 1.54) is 41.5 Å². The smallest absolute Gasteiger partial charge is 0.236 e. The normalized spacial score (nSPS) is 14.3. The number of thioether (sulfide) groups is 1. The Hall–Kier alpha value is -1.93. The number of nitrogens with one attached hydrogen (secondary N) is 1. The molecular formula is C15H15N5OS2. The van der Waals surface area contributed by atoms with Crippen molar-refractivity contribution >= 4 is 44.4 Å². The van der Waals surface area contributed by atoms with Crippen LogP contribution in [-0.4, -0.2) is 31.4 Å². The highest BCUT2D eigenvalue weighted by Crippen LogP contribution is 2.37. The number of rotatable bonds is 5. The number of nitrogens with zero attached hydrogens (tertiary/aromatic N) is 4. The molecule has 2 aromatic heterocycles. The molecule has 1 aromatic carbocycles. The van der Waals surface area contributed by atoms with Crippen molar-refractivity contribution < 1.29 is 4.79 Å². The van der Waals surface area contributed by atoms with Gasteiger partial charge in [0, 0.05) is 6.04 Å². The van der Waals surface area contributed by atoms with Gasteiger partial charge >= 0.3 is 0 Å². The topological polar surface area (TPSA) is 72.7 Å². The first-order valence-electron chi connectivity index (χ1n) is 7.38. The molecule has 0 bridgehead atoms. The molecule has 0 atom stereocenters. The van der Waals surface area contributed by atoms with Gasteiger partial charge in [-0.1, -0.05) is 29.2 Å². The molecule has 0 spiro atoms. The van der Waals surface area contributed by atoms with E-state index in [0.717, 1.165) is 15.4 Å². The van der Waals surface area contributed by atoms with Crippen LogP contribution in [0.2, 0.25) is 0 Å². The fourth-order valence-electron chi connectivity index (χ4n) is 2.31. The minimum atomic E-state index is -0.0730. The Bertz CT molecular complexity index is 868. The highest BCUT2D eigenvalue weighted by Gasteiger charge is 2.26. The second-order valence-corrected chi connectivity index (χ2v) is 7.55. The maximum atomic E-state index is 12.1. The number of thiazole rings is 1. The number of amides is 1. The number of benzene rings is 1. The summed E-state index contributed by atoms with van der Waals surface area (Å²) < 4.78 is 3.14. The third-order valence-corrected chi connectivity index (χ3v) is 5.49. The standard InChI is InChI=1S/C15H15N5OS2/c1-9-2-5-11-12(6-9)23-14(17-11)18-13(21)7-22-15-19-16-8-20(15)10-3-4-10/h2,5-6,8,10H,3-4,7H2,1H3,(H,17,18,21). The minimum Gasteiger partial charge on any atom is -0.306 e. The van der Waals surface area contributed by atoms with Gasteiger partial charge in [-0.3, -0.25) is 4.79 Å². The number of hydrogen-bond acceptors (Lipinski definition) is 6. The molecule has 1 saturated carbocycles. The second kappa shape index (κ2) is 5.93. The summed E-state index contributed by atoms with van der Waals surface area (Å²) in [7, 11) is 0. The van der Waals surface area contributed by atoms with Crippen molar-refractivity contribution in [1.82, 2.24) is 19.7 Å². The lowest BCUT2D eigenvalue weighted by atomic mass is 10.2. The molecule has 1 fully saturated rings. The van der Waals surface area contributed by atoms with Crippen LogP contribution in [0, 0.1) is 6.92 Å². The average Bonchev–Trinajstić information content (AvgIpc) is 3.12.